The Hall–Kier alpha value is -3.23. The fourth-order valence-corrected chi connectivity index (χ4v) is 4.36. The number of hydrogen-bond donors (Lipinski definition) is 2. The first-order valence-electron chi connectivity index (χ1n) is 9.22. The minimum absolute atomic E-state index is 0.117. The molecule has 0 saturated heterocycles. The second-order valence-corrected chi connectivity index (χ2v) is 8.04. The third-order valence-electron chi connectivity index (χ3n) is 4.47. The van der Waals surface area contributed by atoms with Crippen molar-refractivity contribution in [2.75, 3.05) is 6.54 Å². The van der Waals surface area contributed by atoms with Crippen LogP contribution in [0.3, 0.4) is 0 Å². The normalized spacial score (nSPS) is 10.8. The highest BCUT2D eigenvalue weighted by Gasteiger charge is 2.17. The number of carbonyl (C=O) groups is 2. The first kappa shape index (κ1) is 20.1. The van der Waals surface area contributed by atoms with E-state index in [0.29, 0.717) is 23.0 Å². The fraction of sp³-hybridized carbons (Fsp3) is 0.143. The van der Waals surface area contributed by atoms with Gasteiger partial charge in [-0.25, -0.2) is 9.67 Å². The van der Waals surface area contributed by atoms with Gasteiger partial charge >= 0.3 is 0 Å². The van der Waals surface area contributed by atoms with Gasteiger partial charge in [0.2, 0.25) is 5.91 Å². The molecule has 2 aromatic heterocycles. The van der Waals surface area contributed by atoms with Crippen molar-refractivity contribution < 1.29 is 9.59 Å². The zero-order valence-corrected chi connectivity index (χ0v) is 17.4. The number of nitrogens with zero attached hydrogens (tertiary/aromatic N) is 3. The molecule has 0 aliphatic carbocycles. The number of halogens is 1. The summed E-state index contributed by atoms with van der Waals surface area (Å²) in [6.07, 6.45) is 3.16. The second kappa shape index (κ2) is 9.06. The summed E-state index contributed by atoms with van der Waals surface area (Å²) >= 11 is 7.62. The van der Waals surface area contributed by atoms with E-state index in [9.17, 15) is 9.59 Å². The van der Waals surface area contributed by atoms with Crippen LogP contribution in [0.25, 0.3) is 10.1 Å². The molecule has 7 nitrogen and oxygen atoms in total. The average Bonchev–Trinajstić information content (AvgIpc) is 3.39. The Morgan fingerprint density at radius 2 is 1.80 bits per heavy atom. The molecule has 4 aromatic rings. The van der Waals surface area contributed by atoms with Crippen LogP contribution < -0.4 is 10.6 Å². The van der Waals surface area contributed by atoms with Crippen LogP contribution >= 0.6 is 22.9 Å². The molecule has 2 amide bonds. The van der Waals surface area contributed by atoms with Gasteiger partial charge in [0.1, 0.15) is 17.5 Å². The Balaban J connectivity index is 1.26. The Labute approximate surface area is 181 Å². The van der Waals surface area contributed by atoms with E-state index in [4.69, 9.17) is 11.6 Å². The van der Waals surface area contributed by atoms with Crippen molar-refractivity contribution in [2.45, 2.75) is 13.1 Å². The highest BCUT2D eigenvalue weighted by molar-refractivity contribution is 7.21. The summed E-state index contributed by atoms with van der Waals surface area (Å²) in [5.41, 5.74) is 2.05. The number of amides is 2. The van der Waals surface area contributed by atoms with Crippen molar-refractivity contribution in [1.29, 1.82) is 0 Å². The zero-order valence-electron chi connectivity index (χ0n) is 15.8. The number of fused-ring (bicyclic) bond motifs is 1. The lowest BCUT2D eigenvalue weighted by Crippen LogP contribution is -2.36. The quantitative estimate of drug-likeness (QED) is 0.462. The van der Waals surface area contributed by atoms with Gasteiger partial charge in [0.05, 0.1) is 18.1 Å². The van der Waals surface area contributed by atoms with Gasteiger partial charge in [-0.2, -0.15) is 5.10 Å². The van der Waals surface area contributed by atoms with Gasteiger partial charge in [-0.05, 0) is 17.2 Å². The molecule has 0 aliphatic heterocycles. The Morgan fingerprint density at radius 1 is 1.03 bits per heavy atom. The van der Waals surface area contributed by atoms with E-state index in [1.807, 2.05) is 48.5 Å². The minimum Gasteiger partial charge on any atom is -0.350 e. The summed E-state index contributed by atoms with van der Waals surface area (Å²) in [7, 11) is 0. The molecule has 2 N–H and O–H groups in total. The van der Waals surface area contributed by atoms with Crippen LogP contribution in [0.15, 0.2) is 61.2 Å². The third-order valence-corrected chi connectivity index (χ3v) is 6.15. The van der Waals surface area contributed by atoms with E-state index >= 15 is 0 Å². The van der Waals surface area contributed by atoms with Crippen molar-refractivity contribution in [2.24, 2.45) is 0 Å². The lowest BCUT2D eigenvalue weighted by molar-refractivity contribution is -0.120. The zero-order chi connectivity index (χ0) is 20.9. The largest absolute Gasteiger partial charge is 0.350 e. The summed E-state index contributed by atoms with van der Waals surface area (Å²) in [5.74, 6) is -0.624. The van der Waals surface area contributed by atoms with E-state index in [0.717, 1.165) is 21.2 Å². The van der Waals surface area contributed by atoms with Crippen LogP contribution in [-0.4, -0.2) is 33.1 Å². The van der Waals surface area contributed by atoms with E-state index in [2.05, 4.69) is 20.7 Å². The van der Waals surface area contributed by atoms with Crippen LogP contribution in [0.2, 0.25) is 5.02 Å². The molecule has 0 aliphatic rings. The maximum atomic E-state index is 12.4. The van der Waals surface area contributed by atoms with E-state index < -0.39 is 0 Å². The highest BCUT2D eigenvalue weighted by atomic mass is 35.5. The maximum Gasteiger partial charge on any atom is 0.263 e. The lowest BCUT2D eigenvalue weighted by Gasteiger charge is -2.08. The summed E-state index contributed by atoms with van der Waals surface area (Å²) < 4.78 is 2.67. The van der Waals surface area contributed by atoms with Gasteiger partial charge in [0.15, 0.2) is 0 Å². The molecule has 0 unspecified atom stereocenters. The minimum atomic E-state index is -0.353. The number of nitrogens with one attached hydrogen (secondary N) is 2. The number of hydrogen-bond acceptors (Lipinski definition) is 5. The molecule has 2 aromatic carbocycles. The van der Waals surface area contributed by atoms with Crippen LogP contribution in [0.1, 0.15) is 20.8 Å². The lowest BCUT2D eigenvalue weighted by atomic mass is 10.1. The van der Waals surface area contributed by atoms with Gasteiger partial charge < -0.3 is 10.6 Å². The van der Waals surface area contributed by atoms with Crippen molar-refractivity contribution >= 4 is 44.8 Å². The van der Waals surface area contributed by atoms with Crippen LogP contribution in [0, 0.1) is 0 Å². The Bertz CT molecular complexity index is 1170. The number of rotatable bonds is 7. The standard InChI is InChI=1S/C21H18ClN5O2S/c22-19-16-3-1-2-4-17(16)30-20(19)21(29)25-10-18(28)24-9-14-5-7-15(8-6-14)11-27-13-23-12-26-27/h1-8,12-13H,9-11H2,(H,24,28)(H,25,29). The van der Waals surface area contributed by atoms with Crippen molar-refractivity contribution in [1.82, 2.24) is 25.4 Å². The molecule has 0 radical (unpaired) electrons. The van der Waals surface area contributed by atoms with Gasteiger partial charge in [0, 0.05) is 16.6 Å². The monoisotopic (exact) mass is 439 g/mol. The van der Waals surface area contributed by atoms with E-state index in [1.165, 1.54) is 17.7 Å². The molecule has 2 heterocycles. The van der Waals surface area contributed by atoms with Crippen LogP contribution in [-0.2, 0) is 17.9 Å². The topological polar surface area (TPSA) is 88.9 Å². The molecule has 0 spiro atoms. The number of aromatic nitrogens is 3. The van der Waals surface area contributed by atoms with Gasteiger partial charge in [-0.15, -0.1) is 11.3 Å². The molecule has 0 fully saturated rings. The summed E-state index contributed by atoms with van der Waals surface area (Å²) in [6, 6.07) is 15.4. The van der Waals surface area contributed by atoms with Gasteiger partial charge in [0.25, 0.3) is 5.91 Å². The Kier molecular flexibility index (Phi) is 6.06. The highest BCUT2D eigenvalue weighted by Crippen LogP contribution is 2.34. The maximum absolute atomic E-state index is 12.4. The van der Waals surface area contributed by atoms with Gasteiger partial charge in [-0.1, -0.05) is 54.1 Å². The molecule has 9 heteroatoms. The second-order valence-electron chi connectivity index (χ2n) is 6.61. The van der Waals surface area contributed by atoms with Crippen LogP contribution in [0.4, 0.5) is 0 Å². The number of benzene rings is 2. The molecule has 0 saturated carbocycles. The number of carbonyl (C=O) groups excluding carboxylic acids is 2. The molecule has 0 atom stereocenters. The summed E-state index contributed by atoms with van der Waals surface area (Å²) in [4.78, 5) is 28.8. The summed E-state index contributed by atoms with van der Waals surface area (Å²) in [5, 5.41) is 10.8. The van der Waals surface area contributed by atoms with Crippen LogP contribution in [0.5, 0.6) is 0 Å². The van der Waals surface area contributed by atoms with Crippen molar-refractivity contribution in [3.63, 3.8) is 0 Å². The summed E-state index contributed by atoms with van der Waals surface area (Å²) in [6.45, 7) is 0.898. The smallest absolute Gasteiger partial charge is 0.263 e. The molecule has 0 bridgehead atoms. The molecule has 30 heavy (non-hydrogen) atoms. The SMILES string of the molecule is O=C(CNC(=O)c1sc2ccccc2c1Cl)NCc1ccc(Cn2cncn2)cc1. The number of thiophene rings is 1. The van der Waals surface area contributed by atoms with E-state index in [-0.39, 0.29) is 18.4 Å². The predicted molar refractivity (Wildman–Crippen MR) is 117 cm³/mol. The molecular weight excluding hydrogens is 422 g/mol. The average molecular weight is 440 g/mol. The molecular formula is C21H18ClN5O2S. The third kappa shape index (κ3) is 4.67. The first-order valence-corrected chi connectivity index (χ1v) is 10.4. The van der Waals surface area contributed by atoms with Crippen molar-refractivity contribution in [3.8, 4) is 0 Å². The Morgan fingerprint density at radius 3 is 2.53 bits per heavy atom. The van der Waals surface area contributed by atoms with E-state index in [1.54, 1.807) is 11.0 Å². The fourth-order valence-electron chi connectivity index (χ4n) is 2.93. The van der Waals surface area contributed by atoms with Gasteiger partial charge in [-0.3, -0.25) is 9.59 Å². The predicted octanol–water partition coefficient (Wildman–Crippen LogP) is 3.24. The molecule has 152 valence electrons. The van der Waals surface area contributed by atoms with Crippen molar-refractivity contribution in [3.05, 3.63) is 82.2 Å². The molecule has 4 rings (SSSR count). The first-order chi connectivity index (χ1) is 14.6.